The van der Waals surface area contributed by atoms with E-state index in [1.54, 1.807) is 19.1 Å². The monoisotopic (exact) mass is 354 g/mol. The van der Waals surface area contributed by atoms with Crippen molar-refractivity contribution in [2.45, 2.75) is 17.9 Å². The van der Waals surface area contributed by atoms with Crippen molar-refractivity contribution in [2.75, 3.05) is 5.73 Å². The zero-order valence-corrected chi connectivity index (χ0v) is 13.3. The fourth-order valence-corrected chi connectivity index (χ4v) is 3.53. The molecule has 2 aromatic carbocycles. The van der Waals surface area contributed by atoms with Crippen LogP contribution in [-0.2, 0) is 10.0 Å². The SMILES string of the molecule is CC(NS(=O)(=O)c1cccc(N)c1)c1cccc(Br)c1. The topological polar surface area (TPSA) is 72.2 Å². The third-order valence-corrected chi connectivity index (χ3v) is 4.88. The van der Waals surface area contributed by atoms with E-state index in [0.29, 0.717) is 5.69 Å². The largest absolute Gasteiger partial charge is 0.399 e. The second kappa shape index (κ2) is 5.95. The Hall–Kier alpha value is -1.37. The Morgan fingerprint density at radius 1 is 1.15 bits per heavy atom. The highest BCUT2D eigenvalue weighted by Gasteiger charge is 2.18. The van der Waals surface area contributed by atoms with Crippen molar-refractivity contribution in [3.05, 3.63) is 58.6 Å². The number of rotatable bonds is 4. The molecule has 1 atom stereocenters. The van der Waals surface area contributed by atoms with Crippen LogP contribution in [0, 0.1) is 0 Å². The molecule has 0 heterocycles. The van der Waals surface area contributed by atoms with Crippen molar-refractivity contribution >= 4 is 31.6 Å². The van der Waals surface area contributed by atoms with E-state index >= 15 is 0 Å². The molecule has 2 aromatic rings. The number of hydrogen-bond acceptors (Lipinski definition) is 3. The van der Waals surface area contributed by atoms with Crippen LogP contribution in [0.1, 0.15) is 18.5 Å². The van der Waals surface area contributed by atoms with Gasteiger partial charge in [0, 0.05) is 16.2 Å². The molecule has 0 aromatic heterocycles. The zero-order chi connectivity index (χ0) is 14.8. The maximum Gasteiger partial charge on any atom is 0.241 e. The van der Waals surface area contributed by atoms with Gasteiger partial charge in [0.25, 0.3) is 0 Å². The van der Waals surface area contributed by atoms with E-state index < -0.39 is 10.0 Å². The van der Waals surface area contributed by atoms with Crippen LogP contribution in [0.15, 0.2) is 57.9 Å². The van der Waals surface area contributed by atoms with Crippen LogP contribution in [0.3, 0.4) is 0 Å². The number of sulfonamides is 1. The van der Waals surface area contributed by atoms with Crippen LogP contribution in [0.5, 0.6) is 0 Å². The third kappa shape index (κ3) is 3.59. The van der Waals surface area contributed by atoms with Crippen LogP contribution in [0.25, 0.3) is 0 Å². The maximum absolute atomic E-state index is 12.3. The summed E-state index contributed by atoms with van der Waals surface area (Å²) in [6.45, 7) is 1.80. The molecule has 0 aliphatic heterocycles. The van der Waals surface area contributed by atoms with Crippen molar-refractivity contribution in [1.82, 2.24) is 4.72 Å². The van der Waals surface area contributed by atoms with Gasteiger partial charge in [-0.1, -0.05) is 34.1 Å². The number of benzene rings is 2. The number of nitrogen functional groups attached to an aromatic ring is 1. The standard InChI is InChI=1S/C14H15BrN2O2S/c1-10(11-4-2-5-12(15)8-11)17-20(18,19)14-7-3-6-13(16)9-14/h2-10,17H,16H2,1H3. The highest BCUT2D eigenvalue weighted by Crippen LogP contribution is 2.21. The molecule has 6 heteroatoms. The Labute approximate surface area is 127 Å². The van der Waals surface area contributed by atoms with Gasteiger partial charge < -0.3 is 5.73 Å². The second-order valence-corrected chi connectivity index (χ2v) is 7.10. The lowest BCUT2D eigenvalue weighted by Gasteiger charge is -2.15. The van der Waals surface area contributed by atoms with Gasteiger partial charge in [0.05, 0.1) is 4.90 Å². The minimum Gasteiger partial charge on any atom is -0.399 e. The first-order valence-corrected chi connectivity index (χ1v) is 8.29. The van der Waals surface area contributed by atoms with Crippen molar-refractivity contribution in [3.8, 4) is 0 Å². The van der Waals surface area contributed by atoms with Gasteiger partial charge in [-0.25, -0.2) is 13.1 Å². The summed E-state index contributed by atoms with van der Waals surface area (Å²) in [5.41, 5.74) is 6.92. The number of nitrogens with two attached hydrogens (primary N) is 1. The summed E-state index contributed by atoms with van der Waals surface area (Å²) < 4.78 is 28.1. The van der Waals surface area contributed by atoms with Gasteiger partial charge in [-0.15, -0.1) is 0 Å². The molecular formula is C14H15BrN2O2S. The van der Waals surface area contributed by atoms with Gasteiger partial charge >= 0.3 is 0 Å². The summed E-state index contributed by atoms with van der Waals surface area (Å²) in [5.74, 6) is 0. The summed E-state index contributed by atoms with van der Waals surface area (Å²) in [4.78, 5) is 0.166. The number of halogens is 1. The van der Waals surface area contributed by atoms with Crippen LogP contribution in [-0.4, -0.2) is 8.42 Å². The van der Waals surface area contributed by atoms with Crippen molar-refractivity contribution < 1.29 is 8.42 Å². The van der Waals surface area contributed by atoms with Gasteiger partial charge in [-0.05, 0) is 42.8 Å². The first-order chi connectivity index (χ1) is 9.38. The van der Waals surface area contributed by atoms with E-state index in [1.807, 2.05) is 24.3 Å². The normalized spacial score (nSPS) is 13.1. The molecule has 0 saturated carbocycles. The summed E-state index contributed by atoms with van der Waals surface area (Å²) in [7, 11) is -3.59. The summed E-state index contributed by atoms with van der Waals surface area (Å²) in [5, 5.41) is 0. The lowest BCUT2D eigenvalue weighted by molar-refractivity contribution is 0.567. The average Bonchev–Trinajstić information content (AvgIpc) is 2.38. The molecule has 3 N–H and O–H groups in total. The van der Waals surface area contributed by atoms with Crippen molar-refractivity contribution in [3.63, 3.8) is 0 Å². The van der Waals surface area contributed by atoms with Gasteiger partial charge in [0.2, 0.25) is 10.0 Å². The molecule has 4 nitrogen and oxygen atoms in total. The van der Waals surface area contributed by atoms with E-state index in [4.69, 9.17) is 5.73 Å². The van der Waals surface area contributed by atoms with Crippen LogP contribution < -0.4 is 10.5 Å². The third-order valence-electron chi connectivity index (χ3n) is 2.85. The molecule has 0 amide bonds. The molecule has 2 rings (SSSR count). The van der Waals surface area contributed by atoms with Gasteiger partial charge in [-0.2, -0.15) is 0 Å². The fraction of sp³-hybridized carbons (Fsp3) is 0.143. The average molecular weight is 355 g/mol. The highest BCUT2D eigenvalue weighted by molar-refractivity contribution is 9.10. The molecule has 0 radical (unpaired) electrons. The molecular weight excluding hydrogens is 340 g/mol. The number of nitrogens with one attached hydrogen (secondary N) is 1. The van der Waals surface area contributed by atoms with Crippen molar-refractivity contribution in [2.24, 2.45) is 0 Å². The Kier molecular flexibility index (Phi) is 4.47. The van der Waals surface area contributed by atoms with Crippen LogP contribution in [0.4, 0.5) is 5.69 Å². The minimum atomic E-state index is -3.59. The van der Waals surface area contributed by atoms with E-state index in [0.717, 1.165) is 10.0 Å². The predicted molar refractivity (Wildman–Crippen MR) is 83.7 cm³/mol. The van der Waals surface area contributed by atoms with Crippen LogP contribution >= 0.6 is 15.9 Å². The summed E-state index contributed by atoms with van der Waals surface area (Å²) in [6, 6.07) is 13.4. The Bertz CT molecular complexity index is 717. The maximum atomic E-state index is 12.3. The molecule has 0 fully saturated rings. The predicted octanol–water partition coefficient (Wildman–Crippen LogP) is 3.07. The van der Waals surface area contributed by atoms with Crippen LogP contribution in [0.2, 0.25) is 0 Å². The van der Waals surface area contributed by atoms with Gasteiger partial charge in [0.1, 0.15) is 0 Å². The Morgan fingerprint density at radius 2 is 1.85 bits per heavy atom. The molecule has 0 aliphatic rings. The smallest absolute Gasteiger partial charge is 0.241 e. The summed E-state index contributed by atoms with van der Waals surface area (Å²) >= 11 is 3.37. The van der Waals surface area contributed by atoms with E-state index in [9.17, 15) is 8.42 Å². The minimum absolute atomic E-state index is 0.166. The number of anilines is 1. The lowest BCUT2D eigenvalue weighted by Crippen LogP contribution is -2.26. The molecule has 20 heavy (non-hydrogen) atoms. The van der Waals surface area contributed by atoms with Gasteiger partial charge in [-0.3, -0.25) is 0 Å². The molecule has 0 aliphatic carbocycles. The van der Waals surface area contributed by atoms with Crippen molar-refractivity contribution in [1.29, 1.82) is 0 Å². The molecule has 0 saturated heterocycles. The lowest BCUT2D eigenvalue weighted by atomic mass is 10.1. The first kappa shape index (κ1) is 15.0. The molecule has 106 valence electrons. The second-order valence-electron chi connectivity index (χ2n) is 4.47. The molecule has 0 bridgehead atoms. The first-order valence-electron chi connectivity index (χ1n) is 6.02. The van der Waals surface area contributed by atoms with Gasteiger partial charge in [0.15, 0.2) is 0 Å². The van der Waals surface area contributed by atoms with E-state index in [1.165, 1.54) is 12.1 Å². The quantitative estimate of drug-likeness (QED) is 0.828. The Morgan fingerprint density at radius 3 is 2.50 bits per heavy atom. The zero-order valence-electron chi connectivity index (χ0n) is 10.9. The van der Waals surface area contributed by atoms with E-state index in [-0.39, 0.29) is 10.9 Å². The fourth-order valence-electron chi connectivity index (χ4n) is 1.83. The van der Waals surface area contributed by atoms with E-state index in [2.05, 4.69) is 20.7 Å². The molecule has 0 spiro atoms. The highest BCUT2D eigenvalue weighted by atomic mass is 79.9. The number of hydrogen-bond donors (Lipinski definition) is 2. The molecule has 1 unspecified atom stereocenters. The Balaban J connectivity index is 2.24. The summed E-state index contributed by atoms with van der Waals surface area (Å²) in [6.07, 6.45) is 0.